The van der Waals surface area contributed by atoms with E-state index < -0.39 is 0 Å². The lowest BCUT2D eigenvalue weighted by Crippen LogP contribution is -2.47. The van der Waals surface area contributed by atoms with Gasteiger partial charge in [-0.25, -0.2) is 14.3 Å². The smallest absolute Gasteiger partial charge is 0.222 e. The third kappa shape index (κ3) is 33.6. The second-order valence-corrected chi connectivity index (χ2v) is 35.7. The number of Topliss-reactive ketones (excluding diaryl/α,β-unsaturated/α-hetero) is 8. The first kappa shape index (κ1) is 104. The van der Waals surface area contributed by atoms with Gasteiger partial charge in [0.05, 0.1) is 12.2 Å². The van der Waals surface area contributed by atoms with E-state index in [9.17, 15) is 43.2 Å². The van der Waals surface area contributed by atoms with Crippen LogP contribution >= 0.6 is 0 Å². The molecule has 0 bridgehead atoms. The van der Waals surface area contributed by atoms with E-state index in [0.29, 0.717) is 100 Å². The van der Waals surface area contributed by atoms with Gasteiger partial charge in [-0.05, 0) is 196 Å². The highest BCUT2D eigenvalue weighted by Gasteiger charge is 2.25. The van der Waals surface area contributed by atoms with Crippen LogP contribution in [-0.2, 0) is 20.8 Å². The van der Waals surface area contributed by atoms with Crippen molar-refractivity contribution >= 4 is 79.9 Å². The summed E-state index contributed by atoms with van der Waals surface area (Å²) >= 11 is 0. The molecule has 10 aromatic rings. The van der Waals surface area contributed by atoms with Crippen molar-refractivity contribution in [1.29, 1.82) is 0 Å². The highest BCUT2D eigenvalue weighted by molar-refractivity contribution is 6.02. The molecule has 1 unspecified atom stereocenters. The molecule has 5 aliphatic heterocycles. The first-order valence-electron chi connectivity index (χ1n) is 45.3. The van der Waals surface area contributed by atoms with Crippen molar-refractivity contribution in [2.45, 2.75) is 195 Å². The number of nitrogens with zero attached hydrogens (tertiary/aromatic N) is 14. The summed E-state index contributed by atoms with van der Waals surface area (Å²) in [4.78, 5) is 117. The van der Waals surface area contributed by atoms with E-state index in [1.165, 1.54) is 62.8 Å². The largest absolute Gasteiger partial charge is 0.486 e. The van der Waals surface area contributed by atoms with Gasteiger partial charge in [-0.1, -0.05) is 155 Å². The van der Waals surface area contributed by atoms with Crippen LogP contribution in [0.3, 0.4) is 0 Å². The van der Waals surface area contributed by atoms with Gasteiger partial charge in [-0.2, -0.15) is 25.7 Å². The summed E-state index contributed by atoms with van der Waals surface area (Å²) in [6, 6.07) is 37.1. The van der Waals surface area contributed by atoms with Crippen molar-refractivity contribution in [3.05, 3.63) is 173 Å². The molecule has 0 aliphatic carbocycles. The predicted molar refractivity (Wildman–Crippen MR) is 501 cm³/mol. The zero-order chi connectivity index (χ0) is 93.7. The predicted octanol–water partition coefficient (Wildman–Crippen LogP) is 17.4. The normalized spacial score (nSPS) is 14.8. The number of H-pyrrole nitrogens is 2. The van der Waals surface area contributed by atoms with E-state index in [-0.39, 0.29) is 82.0 Å². The molecule has 5 aliphatic rings. The highest BCUT2D eigenvalue weighted by atomic mass is 16.6. The number of ether oxygens (including phenoxy) is 2. The molecule has 0 radical (unpaired) electrons. The molecule has 0 spiro atoms. The van der Waals surface area contributed by atoms with Gasteiger partial charge in [0.25, 0.3) is 0 Å². The van der Waals surface area contributed by atoms with Crippen LogP contribution in [0.4, 0.5) is 5.69 Å². The number of ketones is 8. The minimum absolute atomic E-state index is 0.00700. The van der Waals surface area contributed by atoms with Gasteiger partial charge >= 0.3 is 0 Å². The van der Waals surface area contributed by atoms with Crippen LogP contribution in [-0.4, -0.2) is 225 Å². The number of carbonyl (C=O) groups is 9. The number of likely N-dealkylation sites (N-methyl/N-ethyl adjacent to an activating group) is 1. The van der Waals surface area contributed by atoms with Crippen LogP contribution < -0.4 is 14.8 Å². The summed E-state index contributed by atoms with van der Waals surface area (Å²) in [5.74, 6) is 4.96. The third-order valence-electron chi connectivity index (χ3n) is 21.9. The topological polar surface area (TPSA) is 363 Å². The van der Waals surface area contributed by atoms with Gasteiger partial charge < -0.3 is 29.5 Å². The molecule has 1 amide bonds. The summed E-state index contributed by atoms with van der Waals surface area (Å²) in [7, 11) is 2.10. The number of anilines is 1. The van der Waals surface area contributed by atoms with Crippen molar-refractivity contribution in [2.24, 2.45) is 53.3 Å². The number of nitrogens with one attached hydrogen (secondary N) is 3. The molecule has 29 nitrogen and oxygen atoms in total. The van der Waals surface area contributed by atoms with Crippen LogP contribution in [0.15, 0.2) is 139 Å². The fourth-order valence-electron chi connectivity index (χ4n) is 13.8. The number of carbonyl (C=O) groups excluding carboxylic acids is 9. The molecule has 9 heterocycles. The number of piperazine rings is 1. The number of tetrazole rings is 1. The van der Waals surface area contributed by atoms with E-state index in [4.69, 9.17) is 9.47 Å². The van der Waals surface area contributed by atoms with Gasteiger partial charge in [0.2, 0.25) is 11.7 Å². The maximum atomic E-state index is 11.8. The fraction of sp³-hybridized carbons (Fsp3) is 0.515. The van der Waals surface area contributed by atoms with Crippen molar-refractivity contribution in [2.75, 3.05) is 91.0 Å². The lowest BCUT2D eigenvalue weighted by atomic mass is 9.95. The number of fused-ring (bicyclic) bond motifs is 4. The van der Waals surface area contributed by atoms with E-state index in [1.54, 1.807) is 77.7 Å². The van der Waals surface area contributed by atoms with Crippen LogP contribution in [0.5, 0.6) is 11.5 Å². The maximum absolute atomic E-state index is 11.8. The van der Waals surface area contributed by atoms with E-state index in [2.05, 4.69) is 109 Å². The van der Waals surface area contributed by atoms with Crippen LogP contribution in [0.25, 0.3) is 39.1 Å². The Bertz CT molecular complexity index is 4860. The second kappa shape index (κ2) is 52.7. The number of aromatic nitrogens is 12. The molecular formula is C99H137N17O12. The number of aryl methyl sites for hydroxylation is 1. The second-order valence-electron chi connectivity index (χ2n) is 35.7. The standard InChI is InChI=1S/C13H17NO.C12H13N3O.C12H14O3.C11H12N4O.C11H21NO.C10H11N3O.C10H10N2O2.C10H20N2O.C10H19NO/c1-9(2)13(15)11-5-6-12-10(8-11)4-3-7-14-12;1-9(2)12(16)10-3-5-11(6-4-10)15-8-13-7-14-15;1-8(2)12(13)9-3-4-10-11(7-9)15-6-5-14-10;1-7(2)10(16)8-3-5-9(6-4-8)11-12-14-15-13-11;1-10(2)11(13)6-9-12-7-4-3-5-8-12;1-6(2)10(14)7-3-4-8-9(5-7)12-13-11-8;1-6(2)10(13)7-3-4-8-9(5-7)12-14-11-8;1-9(2)8-10(13)12-6-4-11(3)5-7-12;1-8(2)10(12)7-11-6-4-5-9(11)3/h5-6,8-9,14H,3-4,7H2,1-2H3;3-9H,1-2H3;3-4,7-8H,5-6H2,1-2H3;3-7H,1-2H3,(H,12,13,14,15);10H,3-9H2,1-2H3;3-6H,1-2H3,(H,11,12,13);3-6H,1-2H3;9H,4-8H2,1-3H3;8-9H,4-7H2,1-3H3. The average molecular weight is 1760 g/mol. The molecule has 6 aromatic carbocycles. The van der Waals surface area contributed by atoms with Crippen LogP contribution in [0.2, 0.25) is 0 Å². The van der Waals surface area contributed by atoms with Crippen molar-refractivity contribution in [1.82, 2.24) is 80.7 Å². The number of likely N-dealkylation sites (tertiary alicyclic amines) is 2. The zero-order valence-corrected chi connectivity index (χ0v) is 79.0. The summed E-state index contributed by atoms with van der Waals surface area (Å²) in [5.41, 5.74) is 11.4. The molecule has 128 heavy (non-hydrogen) atoms. The van der Waals surface area contributed by atoms with Crippen LogP contribution in [0.1, 0.15) is 251 Å². The monoisotopic (exact) mass is 1760 g/mol. The Kier molecular flexibility index (Phi) is 42.6. The molecule has 690 valence electrons. The lowest BCUT2D eigenvalue weighted by molar-refractivity contribution is -0.133. The Morgan fingerprint density at radius 1 is 0.469 bits per heavy atom. The van der Waals surface area contributed by atoms with Gasteiger partial charge in [0.15, 0.2) is 46.2 Å². The quantitative estimate of drug-likeness (QED) is 0.0501. The molecule has 1 atom stereocenters. The Labute approximate surface area is 755 Å². The van der Waals surface area contributed by atoms with Gasteiger partial charge in [0.1, 0.15) is 59.5 Å². The molecule has 29 heteroatoms. The highest BCUT2D eigenvalue weighted by Crippen LogP contribution is 2.32. The summed E-state index contributed by atoms with van der Waals surface area (Å²) in [6.45, 7) is 48.2. The molecule has 3 N–H and O–H groups in total. The Morgan fingerprint density at radius 2 is 0.977 bits per heavy atom. The minimum Gasteiger partial charge on any atom is -0.486 e. The van der Waals surface area contributed by atoms with Crippen LogP contribution in [0, 0.1) is 53.3 Å². The first-order valence-corrected chi connectivity index (χ1v) is 45.3. The Morgan fingerprint density at radius 3 is 1.51 bits per heavy atom. The number of piperidine rings is 1. The van der Waals surface area contributed by atoms with E-state index in [0.717, 1.165) is 104 Å². The third-order valence-corrected chi connectivity index (χ3v) is 21.9. The number of hydrogen-bond donors (Lipinski definition) is 3. The molecule has 3 fully saturated rings. The van der Waals surface area contributed by atoms with Crippen molar-refractivity contribution < 1.29 is 57.3 Å². The lowest BCUT2D eigenvalue weighted by Gasteiger charge is -2.32. The number of benzene rings is 6. The number of aromatic amines is 2. The molecule has 4 aromatic heterocycles. The SMILES string of the molecule is CC(C)C(=O)CCN1CCCCC1.CC(C)C(=O)CN1CCCC1C.CC(C)C(=O)c1ccc(-c2nn[nH]n2)cc1.CC(C)C(=O)c1ccc(-n2cncn2)cc1.CC(C)C(=O)c1ccc2c(c1)CCCN2.CC(C)C(=O)c1ccc2c(c1)OCCO2.CC(C)C(=O)c1ccc2n[nH]nc2c1.CC(C)C(=O)c1ccc2nonc2c1.CC(C)CC(=O)N1CCN(C)CC1. The van der Waals surface area contributed by atoms with E-state index in [1.807, 2.05) is 170 Å². The summed E-state index contributed by atoms with van der Waals surface area (Å²) < 4.78 is 17.0. The summed E-state index contributed by atoms with van der Waals surface area (Å²) in [5, 5.41) is 38.7. The average Bonchev–Trinajstić information content (AvgIpc) is 0.903. The number of rotatable bonds is 23. The van der Waals surface area contributed by atoms with Crippen molar-refractivity contribution in [3.8, 4) is 28.6 Å². The number of amides is 1. The first-order chi connectivity index (χ1) is 61.0. The maximum Gasteiger partial charge on any atom is 0.222 e. The molecular weight excluding hydrogens is 1620 g/mol. The zero-order valence-electron chi connectivity index (χ0n) is 79.0. The van der Waals surface area contributed by atoms with Crippen molar-refractivity contribution in [3.63, 3.8) is 0 Å². The Balaban J connectivity index is 0.000000198. The molecule has 15 rings (SSSR count). The van der Waals surface area contributed by atoms with Gasteiger partial charge in [0, 0.05) is 150 Å². The van der Waals surface area contributed by atoms with Gasteiger partial charge in [-0.3, -0.25) is 48.1 Å². The number of hydrogen-bond acceptors (Lipinski definition) is 25. The minimum atomic E-state index is -0.00712. The molecule has 3 saturated heterocycles. The van der Waals surface area contributed by atoms with Gasteiger partial charge in [-0.15, -0.1) is 10.2 Å². The Hall–Kier alpha value is -11.6. The fourth-order valence-corrected chi connectivity index (χ4v) is 13.8. The van der Waals surface area contributed by atoms with E-state index >= 15 is 0 Å². The summed E-state index contributed by atoms with van der Waals surface area (Å²) in [6.07, 6.45) is 13.3. The molecule has 0 saturated carbocycles.